The maximum atomic E-state index is 13.6. The SMILES string of the molecule is Cc1ccc([C@@H]2COC(=O)N2)cc1C(=O)CC1c2ccccc2C=Cc2ccccc21. The predicted molar refractivity (Wildman–Crippen MR) is 121 cm³/mol. The number of fused-ring (bicyclic) bond motifs is 2. The van der Waals surface area contributed by atoms with E-state index in [1.165, 1.54) is 11.1 Å². The van der Waals surface area contributed by atoms with E-state index in [2.05, 4.69) is 41.7 Å². The molecule has 3 aromatic rings. The quantitative estimate of drug-likeness (QED) is 0.565. The molecule has 0 bridgehead atoms. The highest BCUT2D eigenvalue weighted by Gasteiger charge is 2.27. The van der Waals surface area contributed by atoms with Crippen molar-refractivity contribution in [3.8, 4) is 0 Å². The van der Waals surface area contributed by atoms with Crippen molar-refractivity contribution in [1.29, 1.82) is 0 Å². The molecular formula is C27H23NO3. The summed E-state index contributed by atoms with van der Waals surface area (Å²) in [5.41, 5.74) is 7.16. The first-order chi connectivity index (χ1) is 15.1. The Kier molecular flexibility index (Phi) is 4.91. The Balaban J connectivity index is 1.51. The monoisotopic (exact) mass is 409 g/mol. The van der Waals surface area contributed by atoms with E-state index in [0.29, 0.717) is 12.0 Å². The Labute approximate surface area is 181 Å². The highest BCUT2D eigenvalue weighted by Crippen LogP contribution is 2.37. The minimum Gasteiger partial charge on any atom is -0.447 e. The molecule has 0 saturated carbocycles. The molecule has 4 heteroatoms. The lowest BCUT2D eigenvalue weighted by Crippen LogP contribution is -2.19. The second-order valence-corrected chi connectivity index (χ2v) is 8.14. The first-order valence-corrected chi connectivity index (χ1v) is 10.5. The first-order valence-electron chi connectivity index (χ1n) is 10.5. The van der Waals surface area contributed by atoms with E-state index < -0.39 is 6.09 Å². The fourth-order valence-corrected chi connectivity index (χ4v) is 4.54. The van der Waals surface area contributed by atoms with Crippen LogP contribution in [-0.2, 0) is 4.74 Å². The van der Waals surface area contributed by atoms with Crippen LogP contribution in [0.5, 0.6) is 0 Å². The number of hydrogen-bond donors (Lipinski definition) is 1. The van der Waals surface area contributed by atoms with Gasteiger partial charge in [0, 0.05) is 17.9 Å². The molecular weight excluding hydrogens is 386 g/mol. The number of carbonyl (C=O) groups excluding carboxylic acids is 2. The number of carbonyl (C=O) groups is 2. The molecule has 1 atom stereocenters. The average molecular weight is 409 g/mol. The Hall–Kier alpha value is -3.66. The van der Waals surface area contributed by atoms with Crippen molar-refractivity contribution >= 4 is 24.0 Å². The Morgan fingerprint density at radius 3 is 2.23 bits per heavy atom. The molecule has 31 heavy (non-hydrogen) atoms. The van der Waals surface area contributed by atoms with Gasteiger partial charge in [0.25, 0.3) is 0 Å². The number of Topliss-reactive ketones (excluding diaryl/α,β-unsaturated/α-hetero) is 1. The first kappa shape index (κ1) is 19.3. The van der Waals surface area contributed by atoms with Crippen molar-refractivity contribution in [2.24, 2.45) is 0 Å². The van der Waals surface area contributed by atoms with Crippen molar-refractivity contribution in [2.45, 2.75) is 25.3 Å². The van der Waals surface area contributed by atoms with Gasteiger partial charge in [-0.2, -0.15) is 0 Å². The Bertz CT molecular complexity index is 1160. The van der Waals surface area contributed by atoms with Crippen molar-refractivity contribution in [2.75, 3.05) is 6.61 Å². The third-order valence-corrected chi connectivity index (χ3v) is 6.21. The van der Waals surface area contributed by atoms with Gasteiger partial charge >= 0.3 is 6.09 Å². The standard InChI is InChI=1S/C27H23NO3/c1-17-10-11-20(25-16-31-27(30)28-25)14-23(17)26(29)15-24-21-8-4-2-6-18(21)12-13-19-7-3-5-9-22(19)24/h2-14,24-25H,15-16H2,1H3,(H,28,30)/t25-/m0/s1. The Morgan fingerprint density at radius 2 is 1.61 bits per heavy atom. The maximum Gasteiger partial charge on any atom is 0.407 e. The summed E-state index contributed by atoms with van der Waals surface area (Å²) in [7, 11) is 0. The summed E-state index contributed by atoms with van der Waals surface area (Å²) in [4.78, 5) is 25.0. The molecule has 1 saturated heterocycles. The molecule has 3 aromatic carbocycles. The van der Waals surface area contributed by atoms with Gasteiger partial charge in [0.2, 0.25) is 0 Å². The molecule has 1 amide bonds. The van der Waals surface area contributed by atoms with Crippen LogP contribution in [0.1, 0.15) is 62.1 Å². The summed E-state index contributed by atoms with van der Waals surface area (Å²) in [6, 6.07) is 22.2. The fraction of sp³-hybridized carbons (Fsp3) is 0.185. The smallest absolute Gasteiger partial charge is 0.407 e. The van der Waals surface area contributed by atoms with Crippen molar-refractivity contribution in [3.63, 3.8) is 0 Å². The number of rotatable bonds is 4. The number of alkyl carbamates (subject to hydrolysis) is 1. The molecule has 1 aliphatic heterocycles. The molecule has 1 fully saturated rings. The highest BCUT2D eigenvalue weighted by molar-refractivity contribution is 5.98. The number of amides is 1. The van der Waals surface area contributed by atoms with Gasteiger partial charge in [0.05, 0.1) is 6.04 Å². The molecule has 2 aliphatic rings. The molecule has 154 valence electrons. The van der Waals surface area contributed by atoms with E-state index in [-0.39, 0.29) is 24.3 Å². The molecule has 5 rings (SSSR count). The maximum absolute atomic E-state index is 13.6. The molecule has 4 nitrogen and oxygen atoms in total. The van der Waals surface area contributed by atoms with Crippen LogP contribution in [0, 0.1) is 6.92 Å². The van der Waals surface area contributed by atoms with Crippen LogP contribution in [0.2, 0.25) is 0 Å². The lowest BCUT2D eigenvalue weighted by atomic mass is 9.82. The number of cyclic esters (lactones) is 1. The van der Waals surface area contributed by atoms with Gasteiger partial charge in [-0.25, -0.2) is 4.79 Å². The zero-order chi connectivity index (χ0) is 21.4. The number of benzene rings is 3. The number of hydrogen-bond acceptors (Lipinski definition) is 3. The van der Waals surface area contributed by atoms with Crippen LogP contribution in [0.15, 0.2) is 66.7 Å². The summed E-state index contributed by atoms with van der Waals surface area (Å²) in [6.07, 6.45) is 4.23. The van der Waals surface area contributed by atoms with E-state index in [1.807, 2.05) is 49.4 Å². The lowest BCUT2D eigenvalue weighted by molar-refractivity contribution is 0.0976. The number of ketones is 1. The van der Waals surface area contributed by atoms with Crippen LogP contribution in [-0.4, -0.2) is 18.5 Å². The second-order valence-electron chi connectivity index (χ2n) is 8.14. The molecule has 1 aliphatic carbocycles. The van der Waals surface area contributed by atoms with Crippen LogP contribution in [0.4, 0.5) is 4.79 Å². The van der Waals surface area contributed by atoms with Gasteiger partial charge in [0.15, 0.2) is 5.78 Å². The summed E-state index contributed by atoms with van der Waals surface area (Å²) in [6.45, 7) is 2.24. The highest BCUT2D eigenvalue weighted by atomic mass is 16.6. The molecule has 0 unspecified atom stereocenters. The summed E-state index contributed by atoms with van der Waals surface area (Å²) < 4.78 is 5.02. The molecule has 1 heterocycles. The molecule has 0 radical (unpaired) electrons. The zero-order valence-corrected chi connectivity index (χ0v) is 17.3. The van der Waals surface area contributed by atoms with E-state index in [0.717, 1.165) is 22.3 Å². The van der Waals surface area contributed by atoms with Crippen LogP contribution >= 0.6 is 0 Å². The fourth-order valence-electron chi connectivity index (χ4n) is 4.54. The van der Waals surface area contributed by atoms with Crippen molar-refractivity contribution in [3.05, 3.63) is 106 Å². The van der Waals surface area contributed by atoms with E-state index in [9.17, 15) is 9.59 Å². The van der Waals surface area contributed by atoms with Gasteiger partial charge in [-0.3, -0.25) is 4.79 Å². The lowest BCUT2D eigenvalue weighted by Gasteiger charge is -2.21. The van der Waals surface area contributed by atoms with E-state index in [4.69, 9.17) is 4.74 Å². The van der Waals surface area contributed by atoms with E-state index >= 15 is 0 Å². The minimum atomic E-state index is -0.419. The summed E-state index contributed by atoms with van der Waals surface area (Å²) >= 11 is 0. The third kappa shape index (κ3) is 3.66. The van der Waals surface area contributed by atoms with Crippen molar-refractivity contribution < 1.29 is 14.3 Å². The molecule has 1 N–H and O–H groups in total. The van der Waals surface area contributed by atoms with Gasteiger partial charge in [0.1, 0.15) is 6.61 Å². The minimum absolute atomic E-state index is 0.0209. The van der Waals surface area contributed by atoms with Gasteiger partial charge in [-0.15, -0.1) is 0 Å². The number of ether oxygens (including phenoxy) is 1. The van der Waals surface area contributed by atoms with Gasteiger partial charge in [-0.1, -0.05) is 72.8 Å². The average Bonchev–Trinajstić information content (AvgIpc) is 3.16. The number of nitrogens with one attached hydrogen (secondary N) is 1. The van der Waals surface area contributed by atoms with Crippen LogP contribution < -0.4 is 5.32 Å². The predicted octanol–water partition coefficient (Wildman–Crippen LogP) is 5.66. The van der Waals surface area contributed by atoms with Gasteiger partial charge in [-0.05, 0) is 46.4 Å². The second kappa shape index (κ2) is 7.88. The van der Waals surface area contributed by atoms with Crippen LogP contribution in [0.25, 0.3) is 12.2 Å². The molecule has 0 aromatic heterocycles. The third-order valence-electron chi connectivity index (χ3n) is 6.21. The Morgan fingerprint density at radius 1 is 0.968 bits per heavy atom. The zero-order valence-electron chi connectivity index (χ0n) is 17.3. The largest absolute Gasteiger partial charge is 0.447 e. The van der Waals surface area contributed by atoms with E-state index in [1.54, 1.807) is 0 Å². The normalized spacial score (nSPS) is 17.3. The van der Waals surface area contributed by atoms with Crippen molar-refractivity contribution in [1.82, 2.24) is 5.32 Å². The topological polar surface area (TPSA) is 55.4 Å². The van der Waals surface area contributed by atoms with Gasteiger partial charge < -0.3 is 10.1 Å². The summed E-state index contributed by atoms with van der Waals surface area (Å²) in [5, 5.41) is 2.79. The number of aryl methyl sites for hydroxylation is 1. The summed E-state index contributed by atoms with van der Waals surface area (Å²) in [5.74, 6) is 0.0774. The van der Waals surface area contributed by atoms with Crippen LogP contribution in [0.3, 0.4) is 0 Å². The molecule has 0 spiro atoms.